The van der Waals surface area contributed by atoms with Gasteiger partial charge in [0.1, 0.15) is 17.6 Å². The Hall–Kier alpha value is -0.680. The maximum atomic E-state index is 6.11. The Morgan fingerprint density at radius 3 is 2.95 bits per heavy atom. The van der Waals surface area contributed by atoms with Gasteiger partial charge in [-0.05, 0) is 47.2 Å². The molecular formula is C15H16BrCl2NO2. The predicted octanol–water partition coefficient (Wildman–Crippen LogP) is 5.07. The summed E-state index contributed by atoms with van der Waals surface area (Å²) >= 11 is 9.50. The first-order valence-electron chi connectivity index (χ1n) is 6.50. The molecule has 1 aliphatic rings. The molecule has 0 fully saturated rings. The van der Waals surface area contributed by atoms with E-state index in [0.717, 1.165) is 41.1 Å². The summed E-state index contributed by atoms with van der Waals surface area (Å²) in [6.45, 7) is 1.79. The van der Waals surface area contributed by atoms with Gasteiger partial charge in [0.15, 0.2) is 0 Å². The fourth-order valence-corrected chi connectivity index (χ4v) is 2.84. The zero-order valence-corrected chi connectivity index (χ0v) is 14.7. The highest BCUT2D eigenvalue weighted by atomic mass is 79.9. The first-order chi connectivity index (χ1) is 9.63. The van der Waals surface area contributed by atoms with E-state index in [2.05, 4.69) is 27.9 Å². The maximum Gasteiger partial charge on any atom is 0.128 e. The molecule has 0 saturated heterocycles. The van der Waals surface area contributed by atoms with E-state index in [1.165, 1.54) is 0 Å². The van der Waals surface area contributed by atoms with Crippen LogP contribution in [0.25, 0.3) is 0 Å². The van der Waals surface area contributed by atoms with Gasteiger partial charge in [-0.15, -0.1) is 12.4 Å². The van der Waals surface area contributed by atoms with Crippen molar-refractivity contribution in [2.45, 2.75) is 19.1 Å². The molecule has 0 amide bonds. The lowest BCUT2D eigenvalue weighted by Crippen LogP contribution is -2.18. The highest BCUT2D eigenvalue weighted by Gasteiger charge is 2.24. The molecule has 2 aromatic rings. The number of ether oxygens (including phenoxy) is 1. The third-order valence-electron chi connectivity index (χ3n) is 3.48. The average molecular weight is 393 g/mol. The van der Waals surface area contributed by atoms with Crippen LogP contribution in [0.1, 0.15) is 23.8 Å². The molecule has 2 heterocycles. The smallest absolute Gasteiger partial charge is 0.128 e. The molecule has 114 valence electrons. The molecule has 0 radical (unpaired) electrons. The first kappa shape index (κ1) is 16.7. The van der Waals surface area contributed by atoms with E-state index in [9.17, 15) is 0 Å². The topological polar surface area (TPSA) is 25.6 Å². The van der Waals surface area contributed by atoms with E-state index >= 15 is 0 Å². The lowest BCUT2D eigenvalue weighted by molar-refractivity contribution is 0.182. The summed E-state index contributed by atoms with van der Waals surface area (Å²) in [5, 5.41) is 0.653. The minimum absolute atomic E-state index is 0. The summed E-state index contributed by atoms with van der Waals surface area (Å²) < 4.78 is 12.5. The van der Waals surface area contributed by atoms with Crippen LogP contribution in [-0.4, -0.2) is 18.5 Å². The Morgan fingerprint density at radius 2 is 2.19 bits per heavy atom. The standard InChI is InChI=1S/C15H15BrClNO2.ClH/c1-18-6-4-14(11-5-7-19-15(11)9-18)20-10-2-3-12(16)13(17)8-10;/h2-3,5,7-8,14H,4,6,9H2,1H3;1H. The largest absolute Gasteiger partial charge is 0.486 e. The van der Waals surface area contributed by atoms with Crippen molar-refractivity contribution in [2.75, 3.05) is 13.6 Å². The van der Waals surface area contributed by atoms with E-state index in [1.807, 2.05) is 24.3 Å². The van der Waals surface area contributed by atoms with Crippen LogP contribution in [-0.2, 0) is 6.54 Å². The molecule has 0 bridgehead atoms. The van der Waals surface area contributed by atoms with Gasteiger partial charge in [-0.3, -0.25) is 4.90 Å². The Bertz CT molecular complexity index is 617. The van der Waals surface area contributed by atoms with E-state index < -0.39 is 0 Å². The molecule has 1 aromatic carbocycles. The molecule has 1 aliphatic heterocycles. The van der Waals surface area contributed by atoms with Gasteiger partial charge in [-0.2, -0.15) is 0 Å². The van der Waals surface area contributed by atoms with Crippen LogP contribution in [0.2, 0.25) is 5.02 Å². The second-order valence-corrected chi connectivity index (χ2v) is 6.27. The fourth-order valence-electron chi connectivity index (χ4n) is 2.42. The lowest BCUT2D eigenvalue weighted by Gasteiger charge is -2.18. The highest BCUT2D eigenvalue weighted by Crippen LogP contribution is 2.33. The first-order valence-corrected chi connectivity index (χ1v) is 7.67. The number of furan rings is 1. The molecule has 3 rings (SSSR count). The van der Waals surface area contributed by atoms with Crippen molar-refractivity contribution in [3.63, 3.8) is 0 Å². The van der Waals surface area contributed by atoms with Gasteiger partial charge in [0.2, 0.25) is 0 Å². The van der Waals surface area contributed by atoms with E-state index in [1.54, 1.807) is 6.26 Å². The predicted molar refractivity (Wildman–Crippen MR) is 89.4 cm³/mol. The molecule has 0 spiro atoms. The summed E-state index contributed by atoms with van der Waals surface area (Å²) in [5.74, 6) is 1.76. The van der Waals surface area contributed by atoms with Crippen LogP contribution in [0.4, 0.5) is 0 Å². The van der Waals surface area contributed by atoms with Gasteiger partial charge in [0.25, 0.3) is 0 Å². The number of hydrogen-bond acceptors (Lipinski definition) is 3. The molecule has 0 saturated carbocycles. The number of halogens is 3. The number of fused-ring (bicyclic) bond motifs is 1. The molecular weight excluding hydrogens is 377 g/mol. The quantitative estimate of drug-likeness (QED) is 0.713. The monoisotopic (exact) mass is 391 g/mol. The highest BCUT2D eigenvalue weighted by molar-refractivity contribution is 9.10. The van der Waals surface area contributed by atoms with Gasteiger partial charge in [-0.1, -0.05) is 11.6 Å². The summed E-state index contributed by atoms with van der Waals surface area (Å²) in [7, 11) is 2.09. The van der Waals surface area contributed by atoms with E-state index in [4.69, 9.17) is 20.8 Å². The molecule has 1 aromatic heterocycles. The third kappa shape index (κ3) is 3.75. The van der Waals surface area contributed by atoms with Crippen LogP contribution in [0.15, 0.2) is 39.4 Å². The second kappa shape index (κ2) is 7.05. The Balaban J connectivity index is 0.00000161. The average Bonchev–Trinajstić information content (AvgIpc) is 2.81. The van der Waals surface area contributed by atoms with Crippen LogP contribution < -0.4 is 4.74 Å². The molecule has 0 N–H and O–H groups in total. The summed E-state index contributed by atoms with van der Waals surface area (Å²) in [5.41, 5.74) is 1.13. The number of hydrogen-bond donors (Lipinski definition) is 0. The molecule has 1 atom stereocenters. The Morgan fingerprint density at radius 1 is 1.38 bits per heavy atom. The third-order valence-corrected chi connectivity index (χ3v) is 4.72. The van der Waals surface area contributed by atoms with Crippen LogP contribution in [0.5, 0.6) is 5.75 Å². The maximum absolute atomic E-state index is 6.11. The normalized spacial score (nSPS) is 18.5. The number of rotatable bonds is 2. The van der Waals surface area contributed by atoms with Gasteiger partial charge >= 0.3 is 0 Å². The Kier molecular flexibility index (Phi) is 5.60. The molecule has 21 heavy (non-hydrogen) atoms. The van der Waals surface area contributed by atoms with Crippen molar-refractivity contribution in [1.82, 2.24) is 4.90 Å². The van der Waals surface area contributed by atoms with Crippen LogP contribution in [0.3, 0.4) is 0 Å². The van der Waals surface area contributed by atoms with Gasteiger partial charge in [0.05, 0.1) is 17.8 Å². The minimum atomic E-state index is 0. The van der Waals surface area contributed by atoms with Crippen LogP contribution in [0, 0.1) is 0 Å². The Labute approximate surface area is 143 Å². The number of benzene rings is 1. The van der Waals surface area contributed by atoms with Crippen LogP contribution >= 0.6 is 39.9 Å². The molecule has 0 aliphatic carbocycles. The van der Waals surface area contributed by atoms with Crippen molar-refractivity contribution in [3.8, 4) is 5.75 Å². The molecule has 3 nitrogen and oxygen atoms in total. The zero-order valence-electron chi connectivity index (χ0n) is 11.5. The van der Waals surface area contributed by atoms with Gasteiger partial charge in [0, 0.05) is 23.0 Å². The van der Waals surface area contributed by atoms with E-state index in [-0.39, 0.29) is 18.5 Å². The molecule has 6 heteroatoms. The van der Waals surface area contributed by atoms with Gasteiger partial charge in [-0.25, -0.2) is 0 Å². The fraction of sp³-hybridized carbons (Fsp3) is 0.333. The lowest BCUT2D eigenvalue weighted by atomic mass is 10.1. The second-order valence-electron chi connectivity index (χ2n) is 5.01. The van der Waals surface area contributed by atoms with E-state index in [0.29, 0.717) is 5.02 Å². The minimum Gasteiger partial charge on any atom is -0.486 e. The van der Waals surface area contributed by atoms with Crippen molar-refractivity contribution >= 4 is 39.9 Å². The van der Waals surface area contributed by atoms with Crippen molar-refractivity contribution < 1.29 is 9.15 Å². The van der Waals surface area contributed by atoms with Crippen molar-refractivity contribution in [1.29, 1.82) is 0 Å². The zero-order chi connectivity index (χ0) is 14.1. The summed E-state index contributed by atoms with van der Waals surface area (Å²) in [6, 6.07) is 7.65. The van der Waals surface area contributed by atoms with Gasteiger partial charge < -0.3 is 9.15 Å². The SMILES string of the molecule is CN1CCC(Oc2ccc(Br)c(Cl)c2)c2ccoc2C1.Cl. The van der Waals surface area contributed by atoms with Crippen molar-refractivity contribution in [3.05, 3.63) is 51.3 Å². The summed E-state index contributed by atoms with van der Waals surface area (Å²) in [6.07, 6.45) is 2.66. The molecule has 1 unspecified atom stereocenters. The number of nitrogens with zero attached hydrogens (tertiary/aromatic N) is 1. The summed E-state index contributed by atoms with van der Waals surface area (Å²) in [4.78, 5) is 2.24. The van der Waals surface area contributed by atoms with Crippen molar-refractivity contribution in [2.24, 2.45) is 0 Å².